The van der Waals surface area contributed by atoms with Crippen LogP contribution >= 0.6 is 0 Å². The molecule has 2 aromatic heterocycles. The lowest BCUT2D eigenvalue weighted by molar-refractivity contribution is 0.460. The third-order valence-electron chi connectivity index (χ3n) is 3.93. The molecule has 0 amide bonds. The molecule has 0 atom stereocenters. The van der Waals surface area contributed by atoms with Crippen molar-refractivity contribution in [3.8, 4) is 5.88 Å². The van der Waals surface area contributed by atoms with Crippen molar-refractivity contribution in [1.82, 2.24) is 10.2 Å². The number of fused-ring (bicyclic) bond motifs is 1. The number of nitrogens with one attached hydrogen (secondary N) is 1. The molecule has 1 N–H and O–H groups in total. The third-order valence-corrected chi connectivity index (χ3v) is 5.15. The van der Waals surface area contributed by atoms with Gasteiger partial charge in [0.15, 0.2) is 0 Å². The second-order valence-electron chi connectivity index (χ2n) is 5.87. The van der Waals surface area contributed by atoms with E-state index in [4.69, 9.17) is 8.60 Å². The standard InChI is InChI=1S/C16H14N2O5S/c1-9-2-6-11(7-3-9)24(20,21)23-16-14-12(15(19)17-18-16)8-13(22-14)10-4-5-10/h2-3,6-8,10H,4-5H2,1H3,(H,17,19). The van der Waals surface area contributed by atoms with Gasteiger partial charge in [-0.05, 0) is 38.0 Å². The summed E-state index contributed by atoms with van der Waals surface area (Å²) < 4.78 is 35.5. The van der Waals surface area contributed by atoms with Crippen molar-refractivity contribution in [2.24, 2.45) is 0 Å². The first-order valence-electron chi connectivity index (χ1n) is 7.47. The van der Waals surface area contributed by atoms with E-state index >= 15 is 0 Å². The third kappa shape index (κ3) is 2.58. The van der Waals surface area contributed by atoms with Crippen molar-refractivity contribution < 1.29 is 17.0 Å². The van der Waals surface area contributed by atoms with E-state index in [-0.39, 0.29) is 27.7 Å². The Morgan fingerprint density at radius 1 is 1.25 bits per heavy atom. The predicted molar refractivity (Wildman–Crippen MR) is 85.6 cm³/mol. The van der Waals surface area contributed by atoms with Gasteiger partial charge in [0.25, 0.3) is 11.4 Å². The van der Waals surface area contributed by atoms with Crippen LogP contribution in [-0.4, -0.2) is 18.6 Å². The molecule has 4 rings (SSSR count). The van der Waals surface area contributed by atoms with Crippen molar-refractivity contribution in [1.29, 1.82) is 0 Å². The van der Waals surface area contributed by atoms with E-state index in [9.17, 15) is 13.2 Å². The minimum absolute atomic E-state index is 0.00298. The number of aryl methyl sites for hydroxylation is 1. The molecular weight excluding hydrogens is 332 g/mol. The van der Waals surface area contributed by atoms with E-state index in [0.29, 0.717) is 5.76 Å². The fraction of sp³-hybridized carbons (Fsp3) is 0.250. The van der Waals surface area contributed by atoms with Gasteiger partial charge >= 0.3 is 10.1 Å². The first-order chi connectivity index (χ1) is 11.4. The lowest BCUT2D eigenvalue weighted by Gasteiger charge is -2.06. The molecule has 1 saturated carbocycles. The van der Waals surface area contributed by atoms with Crippen molar-refractivity contribution in [3.63, 3.8) is 0 Å². The molecule has 2 heterocycles. The molecule has 0 saturated heterocycles. The number of benzene rings is 1. The number of rotatable bonds is 4. The van der Waals surface area contributed by atoms with Crippen LogP contribution in [0, 0.1) is 6.92 Å². The van der Waals surface area contributed by atoms with Crippen molar-refractivity contribution in [3.05, 3.63) is 52.0 Å². The van der Waals surface area contributed by atoms with Gasteiger partial charge in [0, 0.05) is 5.92 Å². The van der Waals surface area contributed by atoms with Gasteiger partial charge in [0.05, 0.1) is 5.39 Å². The summed E-state index contributed by atoms with van der Waals surface area (Å²) in [5, 5.41) is 6.18. The van der Waals surface area contributed by atoms with Crippen LogP contribution in [0.1, 0.15) is 30.1 Å². The van der Waals surface area contributed by atoms with Crippen LogP contribution in [0.15, 0.2) is 44.4 Å². The molecule has 0 spiro atoms. The predicted octanol–water partition coefficient (Wildman–Crippen LogP) is 2.47. The maximum atomic E-state index is 12.4. The largest absolute Gasteiger partial charge is 0.455 e. The quantitative estimate of drug-likeness (QED) is 0.728. The van der Waals surface area contributed by atoms with Crippen LogP contribution in [0.5, 0.6) is 5.88 Å². The average Bonchev–Trinajstić information content (AvgIpc) is 3.29. The Morgan fingerprint density at radius 3 is 2.62 bits per heavy atom. The Labute approximate surface area is 137 Å². The molecular formula is C16H14N2O5S. The van der Waals surface area contributed by atoms with Gasteiger partial charge in [-0.2, -0.15) is 8.42 Å². The lowest BCUT2D eigenvalue weighted by Crippen LogP contribution is -2.14. The van der Waals surface area contributed by atoms with E-state index in [0.717, 1.165) is 18.4 Å². The summed E-state index contributed by atoms with van der Waals surface area (Å²) in [5.41, 5.74) is 0.538. The zero-order valence-electron chi connectivity index (χ0n) is 12.8. The van der Waals surface area contributed by atoms with Crippen LogP contribution in [0.2, 0.25) is 0 Å². The summed E-state index contributed by atoms with van der Waals surface area (Å²) in [7, 11) is -4.07. The zero-order chi connectivity index (χ0) is 16.9. The molecule has 0 aliphatic heterocycles. The maximum Gasteiger partial charge on any atom is 0.340 e. The highest BCUT2D eigenvalue weighted by atomic mass is 32.2. The van der Waals surface area contributed by atoms with Crippen LogP contribution in [0.25, 0.3) is 11.0 Å². The van der Waals surface area contributed by atoms with E-state index in [1.807, 2.05) is 6.92 Å². The second kappa shape index (κ2) is 5.20. The van der Waals surface area contributed by atoms with Crippen LogP contribution in [-0.2, 0) is 10.1 Å². The Morgan fingerprint density at radius 2 is 1.96 bits per heavy atom. The molecule has 7 nitrogen and oxygen atoms in total. The van der Waals surface area contributed by atoms with Gasteiger partial charge in [0.2, 0.25) is 5.58 Å². The Balaban J connectivity index is 1.77. The van der Waals surface area contributed by atoms with Gasteiger partial charge in [-0.3, -0.25) is 4.79 Å². The molecule has 0 unspecified atom stereocenters. The summed E-state index contributed by atoms with van der Waals surface area (Å²) in [6, 6.07) is 7.87. The molecule has 1 aliphatic carbocycles. The van der Waals surface area contributed by atoms with E-state index in [2.05, 4.69) is 10.2 Å². The Kier molecular flexibility index (Phi) is 3.24. The average molecular weight is 346 g/mol. The summed E-state index contributed by atoms with van der Waals surface area (Å²) in [4.78, 5) is 11.9. The molecule has 0 radical (unpaired) electrons. The molecule has 24 heavy (non-hydrogen) atoms. The number of aromatic amines is 1. The Hall–Kier alpha value is -2.61. The Bertz CT molecular complexity index is 1080. The molecule has 1 fully saturated rings. The number of H-pyrrole nitrogens is 1. The van der Waals surface area contributed by atoms with Crippen LogP contribution in [0.3, 0.4) is 0 Å². The second-order valence-corrected chi connectivity index (χ2v) is 7.42. The highest BCUT2D eigenvalue weighted by Crippen LogP contribution is 2.42. The van der Waals surface area contributed by atoms with Gasteiger partial charge in [-0.25, -0.2) is 5.10 Å². The minimum Gasteiger partial charge on any atom is -0.455 e. The zero-order valence-corrected chi connectivity index (χ0v) is 13.6. The van der Waals surface area contributed by atoms with Gasteiger partial charge < -0.3 is 8.60 Å². The monoisotopic (exact) mass is 346 g/mol. The summed E-state index contributed by atoms with van der Waals surface area (Å²) in [6.07, 6.45) is 1.98. The van der Waals surface area contributed by atoms with Crippen molar-refractivity contribution in [2.75, 3.05) is 0 Å². The first-order valence-corrected chi connectivity index (χ1v) is 8.88. The van der Waals surface area contributed by atoms with Crippen molar-refractivity contribution in [2.45, 2.75) is 30.6 Å². The maximum absolute atomic E-state index is 12.4. The highest BCUT2D eigenvalue weighted by molar-refractivity contribution is 7.87. The van der Waals surface area contributed by atoms with Gasteiger partial charge in [-0.1, -0.05) is 17.7 Å². The normalized spacial score (nSPS) is 14.9. The number of nitrogens with zero attached hydrogens (tertiary/aromatic N) is 1. The minimum atomic E-state index is -4.07. The molecule has 8 heteroatoms. The SMILES string of the molecule is Cc1ccc(S(=O)(=O)Oc2n[nH]c(=O)c3cc(C4CC4)oc23)cc1. The van der Waals surface area contributed by atoms with E-state index in [1.54, 1.807) is 18.2 Å². The highest BCUT2D eigenvalue weighted by Gasteiger charge is 2.29. The summed E-state index contributed by atoms with van der Waals surface area (Å²) in [6.45, 7) is 1.85. The number of furan rings is 1. The number of hydrogen-bond acceptors (Lipinski definition) is 6. The smallest absolute Gasteiger partial charge is 0.340 e. The topological polar surface area (TPSA) is 102 Å². The number of aromatic nitrogens is 2. The summed E-state index contributed by atoms with van der Waals surface area (Å²) >= 11 is 0. The molecule has 1 aliphatic rings. The summed E-state index contributed by atoms with van der Waals surface area (Å²) in [5.74, 6) is 0.663. The lowest BCUT2D eigenvalue weighted by atomic mass is 10.2. The number of hydrogen-bond donors (Lipinski definition) is 1. The van der Waals surface area contributed by atoms with E-state index < -0.39 is 15.7 Å². The van der Waals surface area contributed by atoms with Crippen LogP contribution < -0.4 is 9.74 Å². The van der Waals surface area contributed by atoms with Crippen LogP contribution in [0.4, 0.5) is 0 Å². The van der Waals surface area contributed by atoms with E-state index in [1.165, 1.54) is 12.1 Å². The fourth-order valence-corrected chi connectivity index (χ4v) is 3.32. The molecule has 3 aromatic rings. The molecule has 0 bridgehead atoms. The van der Waals surface area contributed by atoms with Gasteiger partial charge in [-0.15, -0.1) is 5.10 Å². The first kappa shape index (κ1) is 14.9. The van der Waals surface area contributed by atoms with Gasteiger partial charge in [0.1, 0.15) is 10.7 Å². The van der Waals surface area contributed by atoms with Crippen molar-refractivity contribution >= 4 is 21.1 Å². The fourth-order valence-electron chi connectivity index (χ4n) is 2.43. The molecule has 124 valence electrons. The molecule has 1 aromatic carbocycles.